The number of nitrogens with zero attached hydrogens (tertiary/aromatic N) is 3. The van der Waals surface area contributed by atoms with Crippen molar-refractivity contribution in [3.63, 3.8) is 0 Å². The molecule has 0 aliphatic heterocycles. The summed E-state index contributed by atoms with van der Waals surface area (Å²) in [4.78, 5) is 7.83. The number of benzene rings is 1. The Kier molecular flexibility index (Phi) is 3.08. The van der Waals surface area contributed by atoms with E-state index in [4.69, 9.17) is 9.84 Å². The van der Waals surface area contributed by atoms with Crippen molar-refractivity contribution in [3.8, 4) is 17.0 Å². The number of aryl methyl sites for hydroxylation is 2. The van der Waals surface area contributed by atoms with Gasteiger partial charge in [-0.1, -0.05) is 6.92 Å². The molecule has 0 amide bonds. The van der Waals surface area contributed by atoms with Crippen LogP contribution in [-0.4, -0.2) is 26.9 Å². The number of hydrogen-bond donors (Lipinski definition) is 1. The summed E-state index contributed by atoms with van der Waals surface area (Å²) in [6, 6.07) is 7.97. The number of ether oxygens (including phenoxy) is 1. The fraction of sp³-hybridized carbons (Fsp3) is 0.222. The maximum absolute atomic E-state index is 5.23. The highest BCUT2D eigenvalue weighted by Gasteiger charge is 2.16. The third-order valence-corrected chi connectivity index (χ3v) is 4.33. The van der Waals surface area contributed by atoms with E-state index in [9.17, 15) is 0 Å². The SMILES string of the molecule is CCc1c[nH]c2ncc3c(-c4ccc(OC)cc4)nn(C)c3c12. The average molecular weight is 306 g/mol. The van der Waals surface area contributed by atoms with Gasteiger partial charge in [0.1, 0.15) is 17.1 Å². The quantitative estimate of drug-likeness (QED) is 0.628. The van der Waals surface area contributed by atoms with Crippen LogP contribution < -0.4 is 4.74 Å². The van der Waals surface area contributed by atoms with Crippen molar-refractivity contribution in [3.05, 3.63) is 42.2 Å². The molecule has 0 fully saturated rings. The fourth-order valence-electron chi connectivity index (χ4n) is 3.15. The fourth-order valence-corrected chi connectivity index (χ4v) is 3.15. The Morgan fingerprint density at radius 3 is 2.70 bits per heavy atom. The molecule has 116 valence electrons. The summed E-state index contributed by atoms with van der Waals surface area (Å²) in [6.45, 7) is 2.15. The van der Waals surface area contributed by atoms with Crippen molar-refractivity contribution in [2.75, 3.05) is 7.11 Å². The molecule has 1 N–H and O–H groups in total. The van der Waals surface area contributed by atoms with E-state index < -0.39 is 0 Å². The van der Waals surface area contributed by atoms with Gasteiger partial charge in [0.15, 0.2) is 0 Å². The molecule has 0 spiro atoms. The van der Waals surface area contributed by atoms with Crippen LogP contribution in [-0.2, 0) is 13.5 Å². The molecule has 0 radical (unpaired) electrons. The number of rotatable bonds is 3. The number of aromatic amines is 1. The summed E-state index contributed by atoms with van der Waals surface area (Å²) >= 11 is 0. The summed E-state index contributed by atoms with van der Waals surface area (Å²) in [5, 5.41) is 6.98. The smallest absolute Gasteiger partial charge is 0.139 e. The van der Waals surface area contributed by atoms with Crippen molar-refractivity contribution < 1.29 is 4.74 Å². The van der Waals surface area contributed by atoms with Crippen molar-refractivity contribution in [1.29, 1.82) is 0 Å². The molecule has 4 rings (SSSR count). The van der Waals surface area contributed by atoms with Crippen molar-refractivity contribution in [1.82, 2.24) is 19.7 Å². The van der Waals surface area contributed by atoms with Gasteiger partial charge < -0.3 is 9.72 Å². The van der Waals surface area contributed by atoms with Crippen LogP contribution in [0.25, 0.3) is 33.2 Å². The first kappa shape index (κ1) is 13.8. The lowest BCUT2D eigenvalue weighted by atomic mass is 10.1. The van der Waals surface area contributed by atoms with E-state index in [1.807, 2.05) is 48.4 Å². The predicted octanol–water partition coefficient (Wildman–Crippen LogP) is 3.69. The van der Waals surface area contributed by atoms with Gasteiger partial charge in [-0.05, 0) is 36.2 Å². The molecule has 0 saturated heterocycles. The van der Waals surface area contributed by atoms with Crippen LogP contribution in [0.1, 0.15) is 12.5 Å². The highest BCUT2D eigenvalue weighted by atomic mass is 16.5. The summed E-state index contributed by atoms with van der Waals surface area (Å²) in [5.41, 5.74) is 5.31. The van der Waals surface area contributed by atoms with Gasteiger partial charge in [0.05, 0.1) is 12.6 Å². The van der Waals surface area contributed by atoms with Crippen LogP contribution in [0.15, 0.2) is 36.7 Å². The Morgan fingerprint density at radius 2 is 2.00 bits per heavy atom. The van der Waals surface area contributed by atoms with E-state index in [0.717, 1.165) is 40.0 Å². The summed E-state index contributed by atoms with van der Waals surface area (Å²) < 4.78 is 7.18. The highest BCUT2D eigenvalue weighted by molar-refractivity contribution is 6.08. The number of H-pyrrole nitrogens is 1. The summed E-state index contributed by atoms with van der Waals surface area (Å²) in [7, 11) is 3.66. The van der Waals surface area contributed by atoms with E-state index in [2.05, 4.69) is 16.9 Å². The van der Waals surface area contributed by atoms with E-state index in [1.165, 1.54) is 10.9 Å². The Morgan fingerprint density at radius 1 is 1.22 bits per heavy atom. The minimum atomic E-state index is 0.841. The predicted molar refractivity (Wildman–Crippen MR) is 91.7 cm³/mol. The number of hydrogen-bond acceptors (Lipinski definition) is 3. The zero-order valence-corrected chi connectivity index (χ0v) is 13.4. The minimum absolute atomic E-state index is 0.841. The van der Waals surface area contributed by atoms with Gasteiger partial charge in [-0.25, -0.2) is 4.98 Å². The maximum atomic E-state index is 5.23. The van der Waals surface area contributed by atoms with Crippen LogP contribution in [0, 0.1) is 0 Å². The highest BCUT2D eigenvalue weighted by Crippen LogP contribution is 2.33. The molecule has 1 aromatic carbocycles. The van der Waals surface area contributed by atoms with Crippen LogP contribution in [0.3, 0.4) is 0 Å². The van der Waals surface area contributed by atoms with Gasteiger partial charge in [-0.15, -0.1) is 0 Å². The molecule has 3 heterocycles. The standard InChI is InChI=1S/C18H18N4O/c1-4-11-9-19-18-15(11)17-14(10-20-18)16(21-22(17)2)12-5-7-13(23-3)8-6-12/h5-10H,4H2,1-3H3,(H,19,20). The van der Waals surface area contributed by atoms with E-state index >= 15 is 0 Å². The van der Waals surface area contributed by atoms with Crippen LogP contribution in [0.2, 0.25) is 0 Å². The average Bonchev–Trinajstić information content (AvgIpc) is 3.15. The summed E-state index contributed by atoms with van der Waals surface area (Å²) in [5.74, 6) is 0.841. The Balaban J connectivity index is 2.01. The van der Waals surface area contributed by atoms with Gasteiger partial charge in [0.25, 0.3) is 0 Å². The molecular weight excluding hydrogens is 288 g/mol. The second-order valence-electron chi connectivity index (χ2n) is 5.61. The zero-order valence-electron chi connectivity index (χ0n) is 13.4. The number of fused-ring (bicyclic) bond motifs is 3. The molecule has 5 nitrogen and oxygen atoms in total. The first-order valence-electron chi connectivity index (χ1n) is 7.69. The largest absolute Gasteiger partial charge is 0.497 e. The molecule has 0 aliphatic rings. The Hall–Kier alpha value is -2.82. The van der Waals surface area contributed by atoms with Crippen molar-refractivity contribution in [2.45, 2.75) is 13.3 Å². The summed E-state index contributed by atoms with van der Waals surface area (Å²) in [6.07, 6.45) is 4.90. The van der Waals surface area contributed by atoms with Crippen LogP contribution in [0.5, 0.6) is 5.75 Å². The van der Waals surface area contributed by atoms with Gasteiger partial charge in [-0.3, -0.25) is 4.68 Å². The molecular formula is C18H18N4O. The third-order valence-electron chi connectivity index (χ3n) is 4.33. The minimum Gasteiger partial charge on any atom is -0.497 e. The third kappa shape index (κ3) is 2.00. The molecule has 0 atom stereocenters. The molecule has 5 heteroatoms. The lowest BCUT2D eigenvalue weighted by Gasteiger charge is -2.01. The number of pyridine rings is 1. The molecule has 4 aromatic rings. The first-order valence-corrected chi connectivity index (χ1v) is 7.69. The maximum Gasteiger partial charge on any atom is 0.139 e. The van der Waals surface area contributed by atoms with Gasteiger partial charge in [-0.2, -0.15) is 5.10 Å². The monoisotopic (exact) mass is 306 g/mol. The van der Waals surface area contributed by atoms with Crippen molar-refractivity contribution in [2.24, 2.45) is 7.05 Å². The van der Waals surface area contributed by atoms with E-state index in [1.54, 1.807) is 7.11 Å². The first-order chi connectivity index (χ1) is 11.2. The number of aromatic nitrogens is 4. The number of methoxy groups -OCH3 is 1. The van der Waals surface area contributed by atoms with Gasteiger partial charge >= 0.3 is 0 Å². The second-order valence-corrected chi connectivity index (χ2v) is 5.61. The molecule has 0 bridgehead atoms. The van der Waals surface area contributed by atoms with E-state index in [0.29, 0.717) is 0 Å². The van der Waals surface area contributed by atoms with Crippen molar-refractivity contribution >= 4 is 21.9 Å². The lowest BCUT2D eigenvalue weighted by Crippen LogP contribution is -1.91. The number of nitrogens with one attached hydrogen (secondary N) is 1. The molecule has 3 aromatic heterocycles. The zero-order chi connectivity index (χ0) is 16.0. The van der Waals surface area contributed by atoms with Gasteiger partial charge in [0.2, 0.25) is 0 Å². The van der Waals surface area contributed by atoms with Crippen LogP contribution in [0.4, 0.5) is 0 Å². The normalized spacial score (nSPS) is 11.4. The lowest BCUT2D eigenvalue weighted by molar-refractivity contribution is 0.415. The molecule has 0 aliphatic carbocycles. The Bertz CT molecular complexity index is 995. The van der Waals surface area contributed by atoms with E-state index in [-0.39, 0.29) is 0 Å². The molecule has 23 heavy (non-hydrogen) atoms. The molecule has 0 saturated carbocycles. The van der Waals surface area contributed by atoms with Crippen LogP contribution >= 0.6 is 0 Å². The van der Waals surface area contributed by atoms with Gasteiger partial charge in [0, 0.05) is 35.8 Å². The second kappa shape index (κ2) is 5.12. The molecule has 0 unspecified atom stereocenters. The Labute approximate surface area is 133 Å². The topological polar surface area (TPSA) is 55.7 Å².